The summed E-state index contributed by atoms with van der Waals surface area (Å²) in [6, 6.07) is 12.4. The number of carbonyl (C=O) groups is 1. The Kier molecular flexibility index (Phi) is 5.82. The summed E-state index contributed by atoms with van der Waals surface area (Å²) in [4.78, 5) is 16.5. The van der Waals surface area contributed by atoms with Crippen LogP contribution in [-0.2, 0) is 16.0 Å². The Morgan fingerprint density at radius 1 is 1.20 bits per heavy atom. The molecule has 1 aromatic heterocycles. The van der Waals surface area contributed by atoms with Gasteiger partial charge in [-0.25, -0.2) is 0 Å². The van der Waals surface area contributed by atoms with Crippen LogP contribution in [-0.4, -0.2) is 24.0 Å². The molecule has 4 heteroatoms. The average molecular weight is 338 g/mol. The molecule has 1 N–H and O–H groups in total. The number of pyridine rings is 1. The molecule has 1 aromatic carbocycles. The molecule has 0 radical (unpaired) electrons. The van der Waals surface area contributed by atoms with Crippen molar-refractivity contribution in [2.75, 3.05) is 13.2 Å². The van der Waals surface area contributed by atoms with E-state index in [-0.39, 0.29) is 12.0 Å². The molecule has 25 heavy (non-hydrogen) atoms. The van der Waals surface area contributed by atoms with E-state index in [1.54, 1.807) is 6.20 Å². The maximum absolute atomic E-state index is 12.2. The van der Waals surface area contributed by atoms with Crippen molar-refractivity contribution in [2.24, 2.45) is 5.92 Å². The van der Waals surface area contributed by atoms with Crippen molar-refractivity contribution in [3.8, 4) is 0 Å². The number of aromatic nitrogens is 1. The fraction of sp³-hybridized carbons (Fsp3) is 0.429. The van der Waals surface area contributed by atoms with Gasteiger partial charge in [-0.1, -0.05) is 35.9 Å². The number of hydrogen-bond acceptors (Lipinski definition) is 3. The second kappa shape index (κ2) is 8.26. The van der Waals surface area contributed by atoms with Crippen molar-refractivity contribution in [1.29, 1.82) is 0 Å². The van der Waals surface area contributed by atoms with Gasteiger partial charge >= 0.3 is 0 Å². The Morgan fingerprint density at radius 3 is 2.72 bits per heavy atom. The highest BCUT2D eigenvalue weighted by molar-refractivity contribution is 5.78. The summed E-state index contributed by atoms with van der Waals surface area (Å²) < 4.78 is 6.02. The van der Waals surface area contributed by atoms with Crippen molar-refractivity contribution in [3.05, 3.63) is 65.0 Å². The zero-order valence-electron chi connectivity index (χ0n) is 15.0. The molecule has 1 fully saturated rings. The molecule has 0 spiro atoms. The summed E-state index contributed by atoms with van der Waals surface area (Å²) >= 11 is 0. The second-order valence-electron chi connectivity index (χ2n) is 6.89. The van der Waals surface area contributed by atoms with Crippen LogP contribution in [0.15, 0.2) is 42.6 Å². The summed E-state index contributed by atoms with van der Waals surface area (Å²) in [5.74, 6) is 0.357. The molecular formula is C21H26N2O2. The SMILES string of the molecule is Cc1ccc([C@@H]2OCCC[C@H]2CNC(=O)Cc2ccc(C)nc2)cc1. The van der Waals surface area contributed by atoms with Crippen LogP contribution in [0.3, 0.4) is 0 Å². The topological polar surface area (TPSA) is 51.2 Å². The molecule has 3 rings (SSSR count). The van der Waals surface area contributed by atoms with Gasteiger partial charge in [-0.05, 0) is 43.9 Å². The minimum Gasteiger partial charge on any atom is -0.373 e. The van der Waals surface area contributed by atoms with Gasteiger partial charge in [-0.15, -0.1) is 0 Å². The van der Waals surface area contributed by atoms with Crippen LogP contribution in [0.5, 0.6) is 0 Å². The van der Waals surface area contributed by atoms with E-state index in [0.717, 1.165) is 30.7 Å². The first-order valence-corrected chi connectivity index (χ1v) is 8.98. The first-order chi connectivity index (χ1) is 12.1. The number of ether oxygens (including phenoxy) is 1. The lowest BCUT2D eigenvalue weighted by Gasteiger charge is -2.32. The molecule has 2 heterocycles. The molecule has 0 bridgehead atoms. The molecule has 1 aliphatic rings. The summed E-state index contributed by atoms with van der Waals surface area (Å²) in [5, 5.41) is 3.08. The highest BCUT2D eigenvalue weighted by atomic mass is 16.5. The Morgan fingerprint density at radius 2 is 2.00 bits per heavy atom. The van der Waals surface area contributed by atoms with Gasteiger partial charge in [-0.3, -0.25) is 9.78 Å². The maximum Gasteiger partial charge on any atom is 0.224 e. The Labute approximate surface area is 149 Å². The summed E-state index contributed by atoms with van der Waals surface area (Å²) in [5.41, 5.74) is 4.35. The molecular weight excluding hydrogens is 312 g/mol. The summed E-state index contributed by atoms with van der Waals surface area (Å²) in [7, 11) is 0. The zero-order chi connectivity index (χ0) is 17.6. The van der Waals surface area contributed by atoms with Gasteiger partial charge in [0.15, 0.2) is 0 Å². The molecule has 4 nitrogen and oxygen atoms in total. The number of rotatable bonds is 5. The summed E-state index contributed by atoms with van der Waals surface area (Å²) in [6.07, 6.45) is 4.33. The second-order valence-corrected chi connectivity index (χ2v) is 6.89. The lowest BCUT2D eigenvalue weighted by Crippen LogP contribution is -2.35. The third-order valence-electron chi connectivity index (χ3n) is 4.75. The lowest BCUT2D eigenvalue weighted by atomic mass is 9.89. The molecule has 2 aromatic rings. The monoisotopic (exact) mass is 338 g/mol. The largest absolute Gasteiger partial charge is 0.373 e. The van der Waals surface area contributed by atoms with Crippen molar-refractivity contribution >= 4 is 5.91 Å². The minimum absolute atomic E-state index is 0.0406. The Hall–Kier alpha value is -2.20. The van der Waals surface area contributed by atoms with Gasteiger partial charge in [0.2, 0.25) is 5.91 Å². The molecule has 1 saturated heterocycles. The highest BCUT2D eigenvalue weighted by Crippen LogP contribution is 2.33. The lowest BCUT2D eigenvalue weighted by molar-refractivity contribution is -0.121. The van der Waals surface area contributed by atoms with E-state index in [1.165, 1.54) is 11.1 Å². The molecule has 1 amide bonds. The Bertz CT molecular complexity index is 695. The number of nitrogens with zero attached hydrogens (tertiary/aromatic N) is 1. The van der Waals surface area contributed by atoms with Crippen LogP contribution in [0, 0.1) is 19.8 Å². The van der Waals surface area contributed by atoms with Crippen molar-refractivity contribution < 1.29 is 9.53 Å². The molecule has 1 aliphatic heterocycles. The van der Waals surface area contributed by atoms with E-state index in [2.05, 4.69) is 41.5 Å². The van der Waals surface area contributed by atoms with Crippen LogP contribution in [0.4, 0.5) is 0 Å². The van der Waals surface area contributed by atoms with Gasteiger partial charge in [0, 0.05) is 31.0 Å². The van der Waals surface area contributed by atoms with Crippen LogP contribution >= 0.6 is 0 Å². The van der Waals surface area contributed by atoms with E-state index >= 15 is 0 Å². The van der Waals surface area contributed by atoms with Gasteiger partial charge in [0.1, 0.15) is 0 Å². The van der Waals surface area contributed by atoms with E-state index < -0.39 is 0 Å². The molecule has 132 valence electrons. The number of benzene rings is 1. The number of nitrogens with one attached hydrogen (secondary N) is 1. The average Bonchev–Trinajstić information content (AvgIpc) is 2.63. The van der Waals surface area contributed by atoms with Crippen molar-refractivity contribution in [2.45, 2.75) is 39.2 Å². The number of carbonyl (C=O) groups excluding carboxylic acids is 1. The van der Waals surface area contributed by atoms with Gasteiger partial charge in [-0.2, -0.15) is 0 Å². The molecule has 2 atom stereocenters. The van der Waals surface area contributed by atoms with Gasteiger partial charge < -0.3 is 10.1 Å². The predicted octanol–water partition coefficient (Wildman–Crippen LogP) is 3.53. The first-order valence-electron chi connectivity index (χ1n) is 8.98. The number of hydrogen-bond donors (Lipinski definition) is 1. The fourth-order valence-corrected chi connectivity index (χ4v) is 3.27. The predicted molar refractivity (Wildman–Crippen MR) is 98.3 cm³/mol. The highest BCUT2D eigenvalue weighted by Gasteiger charge is 2.27. The normalized spacial score (nSPS) is 20.2. The Balaban J connectivity index is 1.57. The minimum atomic E-state index is 0.0406. The summed E-state index contributed by atoms with van der Waals surface area (Å²) in [6.45, 7) is 5.47. The number of aryl methyl sites for hydroxylation is 2. The van der Waals surface area contributed by atoms with Gasteiger partial charge in [0.25, 0.3) is 0 Å². The van der Waals surface area contributed by atoms with Crippen molar-refractivity contribution in [1.82, 2.24) is 10.3 Å². The van der Waals surface area contributed by atoms with Gasteiger partial charge in [0.05, 0.1) is 12.5 Å². The van der Waals surface area contributed by atoms with Crippen LogP contribution < -0.4 is 5.32 Å². The quantitative estimate of drug-likeness (QED) is 0.907. The zero-order valence-corrected chi connectivity index (χ0v) is 15.0. The molecule has 0 aliphatic carbocycles. The standard InChI is InChI=1S/C21H26N2O2/c1-15-5-9-18(10-6-15)21-19(4-3-11-25-21)14-23-20(24)12-17-8-7-16(2)22-13-17/h5-10,13,19,21H,3-4,11-12,14H2,1-2H3,(H,23,24)/t19-,21-/m0/s1. The number of amides is 1. The first kappa shape index (κ1) is 17.6. The van der Waals surface area contributed by atoms with E-state index in [9.17, 15) is 4.79 Å². The fourth-order valence-electron chi connectivity index (χ4n) is 3.27. The maximum atomic E-state index is 12.2. The van der Waals surface area contributed by atoms with Crippen molar-refractivity contribution in [3.63, 3.8) is 0 Å². The molecule has 0 unspecified atom stereocenters. The smallest absolute Gasteiger partial charge is 0.224 e. The van der Waals surface area contributed by atoms with E-state index in [4.69, 9.17) is 4.74 Å². The van der Waals surface area contributed by atoms with Crippen LogP contribution in [0.1, 0.15) is 41.3 Å². The van der Waals surface area contributed by atoms with Crippen LogP contribution in [0.2, 0.25) is 0 Å². The molecule has 0 saturated carbocycles. The van der Waals surface area contributed by atoms with E-state index in [0.29, 0.717) is 18.9 Å². The van der Waals surface area contributed by atoms with E-state index in [1.807, 2.05) is 19.1 Å². The van der Waals surface area contributed by atoms with Crippen LogP contribution in [0.25, 0.3) is 0 Å². The third-order valence-corrected chi connectivity index (χ3v) is 4.75. The third kappa shape index (κ3) is 4.89.